The molecule has 148 valence electrons. The molecule has 0 spiro atoms. The molecule has 0 radical (unpaired) electrons. The zero-order valence-corrected chi connectivity index (χ0v) is 17.6. The maximum atomic E-state index is 4.48. The molecule has 0 aliphatic heterocycles. The third-order valence-electron chi connectivity index (χ3n) is 4.97. The van der Waals surface area contributed by atoms with Crippen LogP contribution in [0.1, 0.15) is 29.4 Å². The predicted molar refractivity (Wildman–Crippen MR) is 115 cm³/mol. The molecule has 0 fully saturated rings. The Hall–Kier alpha value is -2.50. The van der Waals surface area contributed by atoms with Crippen molar-refractivity contribution >= 4 is 11.6 Å². The Morgan fingerprint density at radius 1 is 1.19 bits per heavy atom. The molecule has 2 aromatic rings. The van der Waals surface area contributed by atoms with Crippen molar-refractivity contribution in [3.8, 4) is 0 Å². The summed E-state index contributed by atoms with van der Waals surface area (Å²) in [5.41, 5.74) is 6.21. The Kier molecular flexibility index (Phi) is 7.70. The lowest BCUT2D eigenvalue weighted by Gasteiger charge is -2.24. The molecule has 0 amide bonds. The monoisotopic (exact) mass is 370 g/mol. The third kappa shape index (κ3) is 5.74. The van der Waals surface area contributed by atoms with Gasteiger partial charge < -0.3 is 15.5 Å². The van der Waals surface area contributed by atoms with Crippen molar-refractivity contribution in [1.82, 2.24) is 20.4 Å². The van der Waals surface area contributed by atoms with Crippen molar-refractivity contribution in [2.24, 2.45) is 12.0 Å². The Bertz CT molecular complexity index is 762. The summed E-state index contributed by atoms with van der Waals surface area (Å²) in [6, 6.07) is 8.65. The van der Waals surface area contributed by atoms with Crippen LogP contribution in [0.5, 0.6) is 0 Å². The second-order valence-corrected chi connectivity index (χ2v) is 6.87. The van der Waals surface area contributed by atoms with Crippen LogP contribution in [0.25, 0.3) is 0 Å². The minimum atomic E-state index is 0.836. The first-order chi connectivity index (χ1) is 13.0. The number of aromatic nitrogens is 2. The lowest BCUT2D eigenvalue weighted by molar-refractivity contribution is 0.728. The second-order valence-electron chi connectivity index (χ2n) is 6.87. The van der Waals surface area contributed by atoms with E-state index in [9.17, 15) is 0 Å². The summed E-state index contributed by atoms with van der Waals surface area (Å²) in [5, 5.41) is 11.3. The average Bonchev–Trinajstić information content (AvgIpc) is 2.89. The molecule has 2 rings (SSSR count). The Morgan fingerprint density at radius 2 is 1.93 bits per heavy atom. The first-order valence-electron chi connectivity index (χ1n) is 9.71. The van der Waals surface area contributed by atoms with Crippen LogP contribution < -0.4 is 15.5 Å². The van der Waals surface area contributed by atoms with E-state index in [1.807, 2.05) is 18.8 Å². The highest BCUT2D eigenvalue weighted by atomic mass is 15.3. The molecule has 27 heavy (non-hydrogen) atoms. The molecule has 1 heterocycles. The summed E-state index contributed by atoms with van der Waals surface area (Å²) < 4.78 is 1.95. The SMILES string of the molecule is CCN(CCNC(=NC)NCCc1c(C)nn(C)c1C)c1cccc(C)c1. The van der Waals surface area contributed by atoms with Crippen LogP contribution in [0.3, 0.4) is 0 Å². The van der Waals surface area contributed by atoms with Crippen molar-refractivity contribution in [1.29, 1.82) is 0 Å². The number of hydrogen-bond donors (Lipinski definition) is 2. The molecule has 0 aliphatic carbocycles. The topological polar surface area (TPSA) is 57.5 Å². The number of nitrogens with zero attached hydrogens (tertiary/aromatic N) is 4. The second kappa shape index (κ2) is 10.00. The molecule has 0 unspecified atom stereocenters. The summed E-state index contributed by atoms with van der Waals surface area (Å²) in [6.45, 7) is 12.1. The van der Waals surface area contributed by atoms with Gasteiger partial charge in [0.05, 0.1) is 5.69 Å². The minimum absolute atomic E-state index is 0.836. The predicted octanol–water partition coefficient (Wildman–Crippen LogP) is 2.58. The Balaban J connectivity index is 1.79. The maximum Gasteiger partial charge on any atom is 0.191 e. The fourth-order valence-electron chi connectivity index (χ4n) is 3.31. The number of likely N-dealkylation sites (N-methyl/N-ethyl adjacent to an activating group) is 1. The fraction of sp³-hybridized carbons (Fsp3) is 0.524. The first-order valence-corrected chi connectivity index (χ1v) is 9.71. The smallest absolute Gasteiger partial charge is 0.191 e. The number of rotatable bonds is 8. The van der Waals surface area contributed by atoms with Crippen LogP contribution >= 0.6 is 0 Å². The normalized spacial score (nSPS) is 11.6. The lowest BCUT2D eigenvalue weighted by Crippen LogP contribution is -2.42. The summed E-state index contributed by atoms with van der Waals surface area (Å²) in [5.74, 6) is 0.842. The van der Waals surface area contributed by atoms with Gasteiger partial charge in [0, 0.05) is 51.7 Å². The van der Waals surface area contributed by atoms with Gasteiger partial charge in [0.1, 0.15) is 0 Å². The van der Waals surface area contributed by atoms with Gasteiger partial charge in [0.15, 0.2) is 5.96 Å². The molecular weight excluding hydrogens is 336 g/mol. The van der Waals surface area contributed by atoms with Gasteiger partial charge in [-0.15, -0.1) is 0 Å². The van der Waals surface area contributed by atoms with Crippen LogP contribution in [0, 0.1) is 20.8 Å². The number of aliphatic imine (C=N–C) groups is 1. The van der Waals surface area contributed by atoms with Gasteiger partial charge in [0.25, 0.3) is 0 Å². The lowest BCUT2D eigenvalue weighted by atomic mass is 10.1. The van der Waals surface area contributed by atoms with Gasteiger partial charge in [-0.05, 0) is 57.4 Å². The molecule has 0 saturated carbocycles. The fourth-order valence-corrected chi connectivity index (χ4v) is 3.31. The van der Waals surface area contributed by atoms with E-state index in [0.717, 1.165) is 44.3 Å². The highest BCUT2D eigenvalue weighted by Crippen LogP contribution is 2.15. The zero-order valence-electron chi connectivity index (χ0n) is 17.6. The number of benzene rings is 1. The van der Waals surface area contributed by atoms with Gasteiger partial charge in [-0.25, -0.2) is 0 Å². The van der Waals surface area contributed by atoms with E-state index in [2.05, 4.69) is 77.6 Å². The quantitative estimate of drug-likeness (QED) is 0.554. The standard InChI is InChI=1S/C21H34N6/c1-7-27(19-10-8-9-16(2)15-19)14-13-24-21(22-5)23-12-11-20-17(3)25-26(6)18(20)4/h8-10,15H,7,11-14H2,1-6H3,(H2,22,23,24). The van der Waals surface area contributed by atoms with Crippen molar-refractivity contribution in [2.75, 3.05) is 38.1 Å². The molecule has 0 bridgehead atoms. The molecule has 6 nitrogen and oxygen atoms in total. The Labute approximate surface area is 163 Å². The summed E-state index contributed by atoms with van der Waals surface area (Å²) in [4.78, 5) is 6.70. The molecule has 2 N–H and O–H groups in total. The highest BCUT2D eigenvalue weighted by molar-refractivity contribution is 5.79. The highest BCUT2D eigenvalue weighted by Gasteiger charge is 2.09. The molecule has 0 aliphatic rings. The van der Waals surface area contributed by atoms with Crippen LogP contribution in [-0.4, -0.2) is 49.0 Å². The first kappa shape index (κ1) is 20.8. The average molecular weight is 371 g/mol. The number of nitrogens with one attached hydrogen (secondary N) is 2. The number of guanidine groups is 1. The van der Waals surface area contributed by atoms with E-state index in [0.29, 0.717) is 0 Å². The zero-order chi connectivity index (χ0) is 19.8. The molecule has 0 atom stereocenters. The summed E-state index contributed by atoms with van der Waals surface area (Å²) in [7, 11) is 3.81. The van der Waals surface area contributed by atoms with Crippen LogP contribution in [0.2, 0.25) is 0 Å². The van der Waals surface area contributed by atoms with E-state index in [-0.39, 0.29) is 0 Å². The maximum absolute atomic E-state index is 4.48. The largest absolute Gasteiger partial charge is 0.370 e. The number of hydrogen-bond acceptors (Lipinski definition) is 3. The minimum Gasteiger partial charge on any atom is -0.370 e. The number of aryl methyl sites for hydroxylation is 3. The van der Waals surface area contributed by atoms with E-state index in [1.165, 1.54) is 22.5 Å². The van der Waals surface area contributed by atoms with E-state index >= 15 is 0 Å². The summed E-state index contributed by atoms with van der Waals surface area (Å²) in [6.07, 6.45) is 0.941. The number of anilines is 1. The van der Waals surface area contributed by atoms with Crippen LogP contribution in [-0.2, 0) is 13.5 Å². The van der Waals surface area contributed by atoms with Crippen molar-refractivity contribution < 1.29 is 0 Å². The van der Waals surface area contributed by atoms with Crippen molar-refractivity contribution in [3.05, 3.63) is 46.8 Å². The van der Waals surface area contributed by atoms with Gasteiger partial charge in [0.2, 0.25) is 0 Å². The van der Waals surface area contributed by atoms with E-state index in [1.54, 1.807) is 0 Å². The molecule has 6 heteroatoms. The van der Waals surface area contributed by atoms with E-state index in [4.69, 9.17) is 0 Å². The van der Waals surface area contributed by atoms with Crippen molar-refractivity contribution in [3.63, 3.8) is 0 Å². The molecule has 1 aromatic heterocycles. The van der Waals surface area contributed by atoms with Gasteiger partial charge in [-0.2, -0.15) is 5.10 Å². The third-order valence-corrected chi connectivity index (χ3v) is 4.97. The molecule has 0 saturated heterocycles. The van der Waals surface area contributed by atoms with Crippen LogP contribution in [0.15, 0.2) is 29.3 Å². The van der Waals surface area contributed by atoms with Gasteiger partial charge in [-0.1, -0.05) is 12.1 Å². The Morgan fingerprint density at radius 3 is 2.52 bits per heavy atom. The molecular formula is C21H34N6. The van der Waals surface area contributed by atoms with Crippen molar-refractivity contribution in [2.45, 2.75) is 34.1 Å². The van der Waals surface area contributed by atoms with Crippen LogP contribution in [0.4, 0.5) is 5.69 Å². The molecule has 1 aromatic carbocycles. The van der Waals surface area contributed by atoms with Gasteiger partial charge >= 0.3 is 0 Å². The summed E-state index contributed by atoms with van der Waals surface area (Å²) >= 11 is 0. The van der Waals surface area contributed by atoms with Gasteiger partial charge in [-0.3, -0.25) is 9.67 Å². The van der Waals surface area contributed by atoms with E-state index < -0.39 is 0 Å².